The van der Waals surface area contributed by atoms with Crippen LogP contribution in [0.15, 0.2) is 224 Å². The van der Waals surface area contributed by atoms with Gasteiger partial charge in [0.2, 0.25) is 0 Å². The Morgan fingerprint density at radius 1 is 0.317 bits per heavy atom. The Labute approximate surface area is 617 Å². The van der Waals surface area contributed by atoms with E-state index >= 15 is 0 Å². The van der Waals surface area contributed by atoms with Crippen molar-refractivity contribution in [3.05, 3.63) is 247 Å². The molecule has 0 fully saturated rings. The molecule has 8 aromatic rings. The predicted octanol–water partition coefficient (Wildman–Crippen LogP) is 19.7. The van der Waals surface area contributed by atoms with Crippen molar-refractivity contribution in [3.63, 3.8) is 0 Å². The number of benzene rings is 8. The molecule has 0 radical (unpaired) electrons. The lowest BCUT2D eigenvalue weighted by Crippen LogP contribution is -2.14. The Kier molecular flexibility index (Phi) is 50.8. The number of carbonyl (C=O) groups is 8. The molecule has 0 atom stereocenters. The van der Waals surface area contributed by atoms with E-state index in [2.05, 4.69) is 6.92 Å². The molecule has 0 saturated heterocycles. The maximum Gasteiger partial charge on any atom is 0.313 e. The molecule has 0 spiro atoms. The molecular weight excluding hydrogens is 1320 g/mol. The highest BCUT2D eigenvalue weighted by atomic mass is 16.6. The first kappa shape index (κ1) is 91.3. The van der Waals surface area contributed by atoms with Gasteiger partial charge in [0, 0.05) is 57.4 Å². The number of esters is 8. The molecule has 0 saturated carbocycles. The van der Waals surface area contributed by atoms with Crippen molar-refractivity contribution in [2.45, 2.75) is 167 Å². The summed E-state index contributed by atoms with van der Waals surface area (Å²) in [7, 11) is 1.57. The van der Waals surface area contributed by atoms with Crippen LogP contribution < -0.4 is 33.2 Å². The number of hydrogen-bond acceptors (Lipinski definition) is 17. The molecule has 0 bridgehead atoms. The Morgan fingerprint density at radius 2 is 0.673 bits per heavy atom. The van der Waals surface area contributed by atoms with E-state index in [4.69, 9.17) is 42.6 Å². The second-order valence-corrected chi connectivity index (χ2v) is 24.1. The van der Waals surface area contributed by atoms with Crippen LogP contribution in [0.3, 0.4) is 0 Å². The largest absolute Gasteiger partial charge is 0.497 e. The minimum Gasteiger partial charge on any atom is -0.497 e. The lowest BCUT2D eigenvalue weighted by Gasteiger charge is -2.06. The number of hydrogen-bond donors (Lipinski definition) is 0. The number of rotatable bonds is 26. The van der Waals surface area contributed by atoms with Gasteiger partial charge in [-0.3, -0.25) is 38.4 Å². The maximum absolute atomic E-state index is 11.3. The monoisotopic (exact) mass is 1430 g/mol. The molecule has 17 nitrogen and oxygen atoms in total. The Bertz CT molecular complexity index is 3600. The van der Waals surface area contributed by atoms with Crippen LogP contribution in [0.5, 0.6) is 40.2 Å². The molecule has 8 aromatic carbocycles. The highest BCUT2D eigenvalue weighted by Gasteiger charge is 2.11. The lowest BCUT2D eigenvalue weighted by molar-refractivity contribution is -0.145. The van der Waals surface area contributed by atoms with Crippen molar-refractivity contribution in [2.24, 2.45) is 17.8 Å². The van der Waals surface area contributed by atoms with E-state index < -0.39 is 0 Å². The quantitative estimate of drug-likeness (QED) is 0.0279. The van der Waals surface area contributed by atoms with Crippen LogP contribution in [0.1, 0.15) is 163 Å². The van der Waals surface area contributed by atoms with Gasteiger partial charge in [-0.05, 0) is 122 Å². The number of carbonyl (C=O) groups excluding carboxylic acids is 8. The molecule has 8 rings (SSSR count). The van der Waals surface area contributed by atoms with E-state index in [0.29, 0.717) is 97.9 Å². The molecular formula is C87H110O17. The van der Waals surface area contributed by atoms with Gasteiger partial charge in [-0.2, -0.15) is 0 Å². The van der Waals surface area contributed by atoms with Crippen LogP contribution in [0.4, 0.5) is 0 Å². The van der Waals surface area contributed by atoms with Gasteiger partial charge in [-0.1, -0.05) is 240 Å². The molecule has 0 aliphatic heterocycles. The first-order valence-electron chi connectivity index (χ1n) is 35.5. The summed E-state index contributed by atoms with van der Waals surface area (Å²) in [6.45, 7) is 25.6. The van der Waals surface area contributed by atoms with Gasteiger partial charge in [0.1, 0.15) is 40.2 Å². The van der Waals surface area contributed by atoms with Crippen molar-refractivity contribution >= 4 is 47.8 Å². The third-order valence-electron chi connectivity index (χ3n) is 13.5. The average Bonchev–Trinajstić information content (AvgIpc) is 0.934. The zero-order valence-corrected chi connectivity index (χ0v) is 63.4. The Hall–Kier alpha value is -10.7. The Balaban J connectivity index is 0.000000596. The summed E-state index contributed by atoms with van der Waals surface area (Å²) >= 11 is 0. The van der Waals surface area contributed by atoms with Gasteiger partial charge in [-0.25, -0.2) is 0 Å². The summed E-state index contributed by atoms with van der Waals surface area (Å²) < 4.78 is 45.3. The zero-order valence-electron chi connectivity index (χ0n) is 63.4. The van der Waals surface area contributed by atoms with Crippen LogP contribution in [0, 0.1) is 31.6 Å². The minimum absolute atomic E-state index is 0.0654. The topological polar surface area (TPSA) is 220 Å². The van der Waals surface area contributed by atoms with E-state index in [-0.39, 0.29) is 59.6 Å². The van der Waals surface area contributed by atoms with Crippen molar-refractivity contribution in [2.75, 3.05) is 20.3 Å². The van der Waals surface area contributed by atoms with Crippen LogP contribution in [0.2, 0.25) is 0 Å². The average molecular weight is 1430 g/mol. The van der Waals surface area contributed by atoms with Gasteiger partial charge in [0.05, 0.1) is 32.2 Å². The SMILES string of the molecule is CC(C)C(=O)Oc1ccccc1.CC(C)CC(=O)OCCc1ccccc1.CCC(=O)Oc1cccc(C)c1.CCC(=O)Oc1cccc(OC)c1.CCC(=O)Oc1ccccc1.CCCC(=O)Oc1ccccc1.CCCCCC(=O)OCCc1ccccc1.Cc1ccc(OC(=O)C(C)C)cc1. The van der Waals surface area contributed by atoms with Crippen LogP contribution >= 0.6 is 0 Å². The molecule has 0 N–H and O–H groups in total. The summed E-state index contributed by atoms with van der Waals surface area (Å²) in [4.78, 5) is 88.3. The number of para-hydroxylation sites is 3. The molecule has 17 heteroatoms. The van der Waals surface area contributed by atoms with Gasteiger partial charge in [0.15, 0.2) is 0 Å². The van der Waals surface area contributed by atoms with Gasteiger partial charge in [-0.15, -0.1) is 0 Å². The Morgan fingerprint density at radius 3 is 1.06 bits per heavy atom. The van der Waals surface area contributed by atoms with E-state index in [9.17, 15) is 38.4 Å². The third-order valence-corrected chi connectivity index (χ3v) is 13.5. The van der Waals surface area contributed by atoms with Gasteiger partial charge >= 0.3 is 47.8 Å². The zero-order chi connectivity index (χ0) is 77.1. The maximum atomic E-state index is 11.3. The van der Waals surface area contributed by atoms with E-state index in [0.717, 1.165) is 49.7 Å². The summed E-state index contributed by atoms with van der Waals surface area (Å²) in [6, 6.07) is 69.2. The molecule has 0 unspecified atom stereocenters. The fourth-order valence-electron chi connectivity index (χ4n) is 7.72. The second-order valence-electron chi connectivity index (χ2n) is 24.1. The first-order valence-corrected chi connectivity index (χ1v) is 35.5. The van der Waals surface area contributed by atoms with Crippen LogP contribution in [0.25, 0.3) is 0 Å². The minimum atomic E-state index is -0.242. The van der Waals surface area contributed by atoms with E-state index in [1.54, 1.807) is 107 Å². The smallest absolute Gasteiger partial charge is 0.313 e. The standard InChI is InChI=1S/C14H20O2.C13H18O2.C11H14O2.C10H12O3.3C10H12O2.C9H10O2/c1-2-3-5-10-14(15)16-12-11-13-8-6-4-7-9-13;1-11(2)10-13(14)15-9-8-12-6-4-3-5-7-12;1-8(2)11(12)13-10-6-4-9(3)5-7-10;1-3-10(11)13-9-6-4-5-8(7-9)12-2;1-8(2)10(11)12-9-6-4-3-5-7-9;1-3-10(11)12-9-6-4-5-8(2)7-9;1-2-6-10(11)12-9-7-4-3-5-8-9;1-2-9(10)11-8-6-4-3-5-7-8/h4,6-9H,2-3,5,10-12H2,1H3;3-7,11H,8-10H2,1-2H3;4-8H,1-3H3;4-7H,3H2,1-2H3;3-8H,1-2H3;4-7H,3H2,1-2H3;3-5,7-8H,2,6H2,1H3;3-7H,2H2,1H3. The van der Waals surface area contributed by atoms with Crippen LogP contribution in [-0.4, -0.2) is 68.1 Å². The fourth-order valence-corrected chi connectivity index (χ4v) is 7.72. The highest BCUT2D eigenvalue weighted by molar-refractivity contribution is 5.76. The van der Waals surface area contributed by atoms with Crippen molar-refractivity contribution in [1.82, 2.24) is 0 Å². The summed E-state index contributed by atoms with van der Waals surface area (Å²) in [6.07, 6.45) is 8.36. The number of unbranched alkanes of at least 4 members (excludes halogenated alkanes) is 2. The molecule has 560 valence electrons. The van der Waals surface area contributed by atoms with Crippen molar-refractivity contribution < 1.29 is 81.0 Å². The first-order chi connectivity index (χ1) is 49.9. The number of ether oxygens (including phenoxy) is 9. The van der Waals surface area contributed by atoms with Gasteiger partial charge in [0.25, 0.3) is 0 Å². The number of methoxy groups -OCH3 is 1. The lowest BCUT2D eigenvalue weighted by atomic mass is 10.1. The summed E-state index contributed by atoms with van der Waals surface area (Å²) in [5, 5.41) is 0. The van der Waals surface area contributed by atoms with Crippen molar-refractivity contribution in [3.8, 4) is 40.2 Å². The molecule has 0 aromatic heterocycles. The van der Waals surface area contributed by atoms with E-state index in [1.807, 2.05) is 208 Å². The fraction of sp³-hybridized carbons (Fsp3) is 0.356. The number of aryl methyl sites for hydroxylation is 2. The molecule has 0 aliphatic carbocycles. The predicted molar refractivity (Wildman–Crippen MR) is 410 cm³/mol. The van der Waals surface area contributed by atoms with E-state index in [1.165, 1.54) is 11.1 Å². The third kappa shape index (κ3) is 49.0. The molecule has 0 heterocycles. The highest BCUT2D eigenvalue weighted by Crippen LogP contribution is 2.20. The van der Waals surface area contributed by atoms with Crippen LogP contribution in [-0.2, 0) is 60.7 Å². The van der Waals surface area contributed by atoms with Gasteiger partial charge < -0.3 is 42.6 Å². The molecule has 0 amide bonds. The van der Waals surface area contributed by atoms with Crippen molar-refractivity contribution in [1.29, 1.82) is 0 Å². The second kappa shape index (κ2) is 57.9. The summed E-state index contributed by atoms with van der Waals surface area (Å²) in [5.41, 5.74) is 4.67. The summed E-state index contributed by atoms with van der Waals surface area (Å²) in [5.74, 6) is 3.15. The molecule has 0 aliphatic rings. The molecule has 104 heavy (non-hydrogen) atoms. The normalized spacial score (nSPS) is 9.78.